The van der Waals surface area contributed by atoms with E-state index in [0.29, 0.717) is 6.61 Å². The standard InChI is InChI=1S/C7H15O/c1-3-5-6-7-8-4-2/h2-7H2,1H3. The molecule has 0 saturated carbocycles. The lowest BCUT2D eigenvalue weighted by molar-refractivity contribution is 0.156. The van der Waals surface area contributed by atoms with Gasteiger partial charge in [-0.2, -0.15) is 0 Å². The van der Waals surface area contributed by atoms with Crippen molar-refractivity contribution in [3.8, 4) is 0 Å². The first-order chi connectivity index (χ1) is 3.91. The summed E-state index contributed by atoms with van der Waals surface area (Å²) in [5, 5.41) is 0. The fraction of sp³-hybridized carbons (Fsp3) is 0.857. The van der Waals surface area contributed by atoms with Gasteiger partial charge in [0.05, 0.1) is 0 Å². The van der Waals surface area contributed by atoms with Gasteiger partial charge in [-0.15, -0.1) is 0 Å². The number of rotatable bonds is 5. The zero-order valence-electron chi connectivity index (χ0n) is 5.65. The number of ether oxygens (including phenoxy) is 1. The largest absolute Gasteiger partial charge is 0.381 e. The van der Waals surface area contributed by atoms with Crippen molar-refractivity contribution in [2.45, 2.75) is 26.2 Å². The average molecular weight is 115 g/mol. The molecular weight excluding hydrogens is 100 g/mol. The minimum absolute atomic E-state index is 0.615. The lowest BCUT2D eigenvalue weighted by atomic mass is 10.3. The molecule has 1 nitrogen and oxygen atoms in total. The van der Waals surface area contributed by atoms with Crippen molar-refractivity contribution in [3.05, 3.63) is 6.92 Å². The maximum atomic E-state index is 5.02. The second kappa shape index (κ2) is 6.96. The predicted octanol–water partition coefficient (Wildman–Crippen LogP) is 2.03. The van der Waals surface area contributed by atoms with Gasteiger partial charge in [-0.25, -0.2) is 0 Å². The van der Waals surface area contributed by atoms with Crippen LogP contribution in [0.15, 0.2) is 0 Å². The molecule has 1 radical (unpaired) electrons. The van der Waals surface area contributed by atoms with Gasteiger partial charge in [0.2, 0.25) is 0 Å². The Morgan fingerprint density at radius 1 is 1.38 bits per heavy atom. The normalized spacial score (nSPS) is 9.75. The Balaban J connectivity index is 2.53. The highest BCUT2D eigenvalue weighted by molar-refractivity contribution is 4.36. The second-order valence-electron chi connectivity index (χ2n) is 1.82. The van der Waals surface area contributed by atoms with Crippen molar-refractivity contribution in [2.75, 3.05) is 13.2 Å². The lowest BCUT2D eigenvalue weighted by Crippen LogP contribution is -1.92. The van der Waals surface area contributed by atoms with E-state index in [1.54, 1.807) is 0 Å². The minimum atomic E-state index is 0.615. The van der Waals surface area contributed by atoms with E-state index in [-0.39, 0.29) is 0 Å². The fourth-order valence-electron chi connectivity index (χ4n) is 0.556. The van der Waals surface area contributed by atoms with E-state index in [1.165, 1.54) is 19.3 Å². The van der Waals surface area contributed by atoms with E-state index in [1.807, 2.05) is 0 Å². The first-order valence-electron chi connectivity index (χ1n) is 3.28. The second-order valence-corrected chi connectivity index (χ2v) is 1.82. The molecule has 0 aliphatic rings. The molecule has 0 amide bonds. The van der Waals surface area contributed by atoms with Gasteiger partial charge < -0.3 is 4.74 Å². The van der Waals surface area contributed by atoms with E-state index < -0.39 is 0 Å². The van der Waals surface area contributed by atoms with Crippen LogP contribution in [0.25, 0.3) is 0 Å². The SMILES string of the molecule is [CH2]COCCCCC. The number of hydrogen-bond acceptors (Lipinski definition) is 1. The lowest BCUT2D eigenvalue weighted by Gasteiger charge is -1.96. The predicted molar refractivity (Wildman–Crippen MR) is 35.7 cm³/mol. The molecule has 0 atom stereocenters. The van der Waals surface area contributed by atoms with E-state index >= 15 is 0 Å². The van der Waals surface area contributed by atoms with Gasteiger partial charge in [-0.05, 0) is 13.3 Å². The van der Waals surface area contributed by atoms with Crippen LogP contribution in [0.3, 0.4) is 0 Å². The van der Waals surface area contributed by atoms with Crippen LogP contribution in [0.5, 0.6) is 0 Å². The third-order valence-electron chi connectivity index (χ3n) is 1.04. The summed E-state index contributed by atoms with van der Waals surface area (Å²) in [6, 6.07) is 0. The van der Waals surface area contributed by atoms with Gasteiger partial charge in [-0.3, -0.25) is 0 Å². The molecule has 49 valence electrons. The van der Waals surface area contributed by atoms with Crippen LogP contribution in [0.1, 0.15) is 26.2 Å². The van der Waals surface area contributed by atoms with Crippen LogP contribution in [0, 0.1) is 6.92 Å². The molecule has 0 aromatic carbocycles. The summed E-state index contributed by atoms with van der Waals surface area (Å²) in [4.78, 5) is 0. The maximum absolute atomic E-state index is 5.02. The van der Waals surface area contributed by atoms with Crippen molar-refractivity contribution in [3.63, 3.8) is 0 Å². The molecular formula is C7H15O. The smallest absolute Gasteiger partial charge is 0.0466 e. The molecule has 0 aromatic rings. The molecule has 0 saturated heterocycles. The van der Waals surface area contributed by atoms with E-state index in [4.69, 9.17) is 4.74 Å². The molecule has 0 fully saturated rings. The Morgan fingerprint density at radius 2 is 2.12 bits per heavy atom. The van der Waals surface area contributed by atoms with Gasteiger partial charge in [-0.1, -0.05) is 19.8 Å². The summed E-state index contributed by atoms with van der Waals surface area (Å²) in [7, 11) is 0. The van der Waals surface area contributed by atoms with E-state index in [0.717, 1.165) is 6.61 Å². The molecule has 1 heteroatoms. The molecule has 0 spiro atoms. The summed E-state index contributed by atoms with van der Waals surface area (Å²) in [6.45, 7) is 7.25. The van der Waals surface area contributed by atoms with Crippen molar-refractivity contribution in [2.24, 2.45) is 0 Å². The van der Waals surface area contributed by atoms with Gasteiger partial charge >= 0.3 is 0 Å². The number of unbranched alkanes of at least 4 members (excludes halogenated alkanes) is 2. The van der Waals surface area contributed by atoms with E-state index in [2.05, 4.69) is 13.8 Å². The van der Waals surface area contributed by atoms with Gasteiger partial charge in [0, 0.05) is 13.2 Å². The Kier molecular flexibility index (Phi) is 6.93. The Bertz CT molecular complexity index is 29.4. The van der Waals surface area contributed by atoms with Crippen LogP contribution >= 0.6 is 0 Å². The van der Waals surface area contributed by atoms with Crippen LogP contribution in [0.2, 0.25) is 0 Å². The van der Waals surface area contributed by atoms with Gasteiger partial charge in [0.1, 0.15) is 0 Å². The highest BCUT2D eigenvalue weighted by Gasteiger charge is 1.82. The van der Waals surface area contributed by atoms with Gasteiger partial charge in [0.25, 0.3) is 0 Å². The zero-order valence-corrected chi connectivity index (χ0v) is 5.65. The van der Waals surface area contributed by atoms with Crippen molar-refractivity contribution in [1.82, 2.24) is 0 Å². The molecule has 0 heterocycles. The summed E-state index contributed by atoms with van der Waals surface area (Å²) >= 11 is 0. The van der Waals surface area contributed by atoms with Crippen LogP contribution in [-0.4, -0.2) is 13.2 Å². The molecule has 0 aliphatic carbocycles. The Morgan fingerprint density at radius 3 is 2.62 bits per heavy atom. The summed E-state index contributed by atoms with van der Waals surface area (Å²) in [5.74, 6) is 0. The minimum Gasteiger partial charge on any atom is -0.381 e. The number of hydrogen-bond donors (Lipinski definition) is 0. The molecule has 0 rings (SSSR count). The first-order valence-corrected chi connectivity index (χ1v) is 3.28. The monoisotopic (exact) mass is 115 g/mol. The topological polar surface area (TPSA) is 9.23 Å². The molecule has 8 heavy (non-hydrogen) atoms. The van der Waals surface area contributed by atoms with Crippen molar-refractivity contribution < 1.29 is 4.74 Å². The summed E-state index contributed by atoms with van der Waals surface area (Å²) in [5.41, 5.74) is 0. The third-order valence-corrected chi connectivity index (χ3v) is 1.04. The quantitative estimate of drug-likeness (QED) is 0.498. The highest BCUT2D eigenvalue weighted by Crippen LogP contribution is 1.92. The average Bonchev–Trinajstić information content (AvgIpc) is 1.81. The molecule has 0 N–H and O–H groups in total. The van der Waals surface area contributed by atoms with E-state index in [9.17, 15) is 0 Å². The molecule has 0 aromatic heterocycles. The summed E-state index contributed by atoms with van der Waals surface area (Å²) < 4.78 is 5.02. The Hall–Kier alpha value is -0.0400. The Labute approximate surface area is 52.0 Å². The highest BCUT2D eigenvalue weighted by atomic mass is 16.5. The molecule has 0 aliphatic heterocycles. The fourth-order valence-corrected chi connectivity index (χ4v) is 0.556. The van der Waals surface area contributed by atoms with Crippen molar-refractivity contribution >= 4 is 0 Å². The zero-order chi connectivity index (χ0) is 6.24. The van der Waals surface area contributed by atoms with Crippen LogP contribution < -0.4 is 0 Å². The third kappa shape index (κ3) is 5.96. The summed E-state index contributed by atoms with van der Waals surface area (Å²) in [6.07, 6.45) is 3.73. The first kappa shape index (κ1) is 7.96. The van der Waals surface area contributed by atoms with Gasteiger partial charge in [0.15, 0.2) is 0 Å². The maximum Gasteiger partial charge on any atom is 0.0466 e. The molecule has 0 bridgehead atoms. The van der Waals surface area contributed by atoms with Crippen molar-refractivity contribution in [1.29, 1.82) is 0 Å². The van der Waals surface area contributed by atoms with Crippen LogP contribution in [-0.2, 0) is 4.74 Å². The van der Waals surface area contributed by atoms with Crippen LogP contribution in [0.4, 0.5) is 0 Å². The molecule has 0 unspecified atom stereocenters.